The average Bonchev–Trinajstić information content (AvgIpc) is 2.15. The monoisotopic (exact) mass is 229 g/mol. The van der Waals surface area contributed by atoms with Gasteiger partial charge in [-0.1, -0.05) is 31.5 Å². The molecule has 1 rings (SSSR count). The van der Waals surface area contributed by atoms with Gasteiger partial charge in [-0.25, -0.2) is 4.39 Å². The Hall–Kier alpha value is -0.600. The van der Waals surface area contributed by atoms with Crippen molar-refractivity contribution in [3.8, 4) is 0 Å². The van der Waals surface area contributed by atoms with Gasteiger partial charge in [0.15, 0.2) is 0 Å². The molecule has 1 aromatic carbocycles. The second kappa shape index (κ2) is 5.47. The summed E-state index contributed by atoms with van der Waals surface area (Å²) in [5.74, 6) is 0.193. The van der Waals surface area contributed by atoms with Crippen molar-refractivity contribution in [1.82, 2.24) is 0 Å². The van der Waals surface area contributed by atoms with E-state index in [0.29, 0.717) is 22.9 Å². The molecule has 3 heteroatoms. The number of hydrogen-bond donors (Lipinski definition) is 1. The zero-order valence-electron chi connectivity index (χ0n) is 9.13. The highest BCUT2D eigenvalue weighted by Crippen LogP contribution is 2.17. The molecule has 0 heterocycles. The van der Waals surface area contributed by atoms with Gasteiger partial charge in [0.2, 0.25) is 0 Å². The van der Waals surface area contributed by atoms with Crippen LogP contribution in [0.2, 0.25) is 5.02 Å². The molecule has 1 atom stereocenters. The fourth-order valence-electron chi connectivity index (χ4n) is 1.38. The lowest BCUT2D eigenvalue weighted by atomic mass is 9.97. The fourth-order valence-corrected chi connectivity index (χ4v) is 1.54. The van der Waals surface area contributed by atoms with E-state index >= 15 is 0 Å². The second-order valence-electron chi connectivity index (χ2n) is 4.18. The van der Waals surface area contributed by atoms with Crippen LogP contribution in [0.15, 0.2) is 18.2 Å². The van der Waals surface area contributed by atoms with E-state index in [1.54, 1.807) is 12.1 Å². The first-order valence-electron chi connectivity index (χ1n) is 5.20. The Kier molecular flexibility index (Phi) is 4.55. The first kappa shape index (κ1) is 12.5. The van der Waals surface area contributed by atoms with Crippen LogP contribution in [0.4, 0.5) is 4.39 Å². The van der Waals surface area contributed by atoms with Crippen molar-refractivity contribution in [1.29, 1.82) is 0 Å². The van der Waals surface area contributed by atoms with Gasteiger partial charge in [0.25, 0.3) is 0 Å². The van der Waals surface area contributed by atoms with Crippen molar-refractivity contribution >= 4 is 11.6 Å². The minimum Gasteiger partial charge on any atom is -0.327 e. The summed E-state index contributed by atoms with van der Waals surface area (Å²) >= 11 is 5.67. The van der Waals surface area contributed by atoms with Crippen LogP contribution in [0.25, 0.3) is 0 Å². The molecule has 1 nitrogen and oxygen atoms in total. The molecule has 0 fully saturated rings. The summed E-state index contributed by atoms with van der Waals surface area (Å²) in [6.07, 6.45) is 1.47. The Morgan fingerprint density at radius 2 is 2.07 bits per heavy atom. The lowest BCUT2D eigenvalue weighted by molar-refractivity contribution is 0.460. The van der Waals surface area contributed by atoms with Gasteiger partial charge < -0.3 is 5.73 Å². The molecule has 0 spiro atoms. The molecule has 2 N–H and O–H groups in total. The molecular formula is C12H17ClFN. The van der Waals surface area contributed by atoms with Crippen LogP contribution in [0, 0.1) is 11.7 Å². The third-order valence-electron chi connectivity index (χ3n) is 2.62. The molecule has 1 aromatic rings. The molecule has 0 radical (unpaired) electrons. The third kappa shape index (κ3) is 3.80. The molecule has 0 saturated carbocycles. The van der Waals surface area contributed by atoms with E-state index in [1.807, 2.05) is 0 Å². The van der Waals surface area contributed by atoms with Gasteiger partial charge in [0.1, 0.15) is 5.82 Å². The highest BCUT2D eigenvalue weighted by Gasteiger charge is 2.09. The van der Waals surface area contributed by atoms with Crippen LogP contribution in [-0.4, -0.2) is 6.04 Å². The van der Waals surface area contributed by atoms with E-state index in [9.17, 15) is 4.39 Å². The fraction of sp³-hybridized carbons (Fsp3) is 0.500. The first-order valence-corrected chi connectivity index (χ1v) is 5.58. The maximum absolute atomic E-state index is 13.4. The number of halogens is 2. The summed E-state index contributed by atoms with van der Waals surface area (Å²) in [5.41, 5.74) is 6.59. The Morgan fingerprint density at radius 3 is 2.60 bits per heavy atom. The van der Waals surface area contributed by atoms with Gasteiger partial charge in [0, 0.05) is 11.1 Å². The molecule has 0 bridgehead atoms. The number of rotatable bonds is 4. The van der Waals surface area contributed by atoms with E-state index in [-0.39, 0.29) is 11.9 Å². The molecule has 84 valence electrons. The third-order valence-corrected chi connectivity index (χ3v) is 2.85. The van der Waals surface area contributed by atoms with E-state index in [2.05, 4.69) is 13.8 Å². The molecule has 1 unspecified atom stereocenters. The zero-order valence-corrected chi connectivity index (χ0v) is 9.89. The predicted octanol–water partition coefficient (Wildman–Crippen LogP) is 3.40. The van der Waals surface area contributed by atoms with Crippen molar-refractivity contribution in [2.75, 3.05) is 0 Å². The number of nitrogens with two attached hydrogens (primary N) is 1. The SMILES string of the molecule is CC(C)C(N)CCc1ccc(Cl)cc1F. The maximum atomic E-state index is 13.4. The molecular weight excluding hydrogens is 213 g/mol. The first-order chi connectivity index (χ1) is 7.00. The Labute approximate surface area is 95.4 Å². The van der Waals surface area contributed by atoms with Crippen LogP contribution in [0.3, 0.4) is 0 Å². The quantitative estimate of drug-likeness (QED) is 0.842. The minimum atomic E-state index is -0.238. The molecule has 0 aliphatic heterocycles. The van der Waals surface area contributed by atoms with Gasteiger partial charge in [-0.3, -0.25) is 0 Å². The number of hydrogen-bond acceptors (Lipinski definition) is 1. The molecule has 0 amide bonds. The molecule has 0 aliphatic rings. The van der Waals surface area contributed by atoms with Gasteiger partial charge in [-0.05, 0) is 36.5 Å². The van der Waals surface area contributed by atoms with E-state index < -0.39 is 0 Å². The number of aryl methyl sites for hydroxylation is 1. The summed E-state index contributed by atoms with van der Waals surface area (Å²) in [4.78, 5) is 0. The Bertz CT molecular complexity index is 325. The summed E-state index contributed by atoms with van der Waals surface area (Å²) in [5, 5.41) is 0.435. The van der Waals surface area contributed by atoms with Gasteiger partial charge in [-0.2, -0.15) is 0 Å². The average molecular weight is 230 g/mol. The van der Waals surface area contributed by atoms with Crippen molar-refractivity contribution in [2.24, 2.45) is 11.7 Å². The van der Waals surface area contributed by atoms with Crippen molar-refractivity contribution in [3.05, 3.63) is 34.6 Å². The summed E-state index contributed by atoms with van der Waals surface area (Å²) < 4.78 is 13.4. The zero-order chi connectivity index (χ0) is 11.4. The Morgan fingerprint density at radius 1 is 1.40 bits per heavy atom. The normalized spacial score (nSPS) is 13.2. The summed E-state index contributed by atoms with van der Waals surface area (Å²) in [6, 6.07) is 4.91. The number of benzene rings is 1. The highest BCUT2D eigenvalue weighted by atomic mass is 35.5. The van der Waals surface area contributed by atoms with Gasteiger partial charge in [-0.15, -0.1) is 0 Å². The molecule has 0 saturated heterocycles. The predicted molar refractivity (Wildman–Crippen MR) is 62.5 cm³/mol. The largest absolute Gasteiger partial charge is 0.327 e. The van der Waals surface area contributed by atoms with Gasteiger partial charge in [0.05, 0.1) is 0 Å². The smallest absolute Gasteiger partial charge is 0.127 e. The van der Waals surface area contributed by atoms with Crippen LogP contribution < -0.4 is 5.73 Å². The van der Waals surface area contributed by atoms with E-state index in [4.69, 9.17) is 17.3 Å². The van der Waals surface area contributed by atoms with Crippen LogP contribution in [0.1, 0.15) is 25.8 Å². The standard InChI is InChI=1S/C12H17ClFN/c1-8(2)12(15)6-4-9-3-5-10(13)7-11(9)14/h3,5,7-8,12H,4,6,15H2,1-2H3. The lowest BCUT2D eigenvalue weighted by Crippen LogP contribution is -2.26. The maximum Gasteiger partial charge on any atom is 0.127 e. The van der Waals surface area contributed by atoms with Crippen molar-refractivity contribution < 1.29 is 4.39 Å². The van der Waals surface area contributed by atoms with Crippen LogP contribution in [0.5, 0.6) is 0 Å². The Balaban J connectivity index is 2.58. The molecule has 0 aromatic heterocycles. The van der Waals surface area contributed by atoms with Crippen LogP contribution in [-0.2, 0) is 6.42 Å². The van der Waals surface area contributed by atoms with Gasteiger partial charge >= 0.3 is 0 Å². The van der Waals surface area contributed by atoms with E-state index in [0.717, 1.165) is 6.42 Å². The molecule has 0 aliphatic carbocycles. The topological polar surface area (TPSA) is 26.0 Å². The summed E-state index contributed by atoms with van der Waals surface area (Å²) in [7, 11) is 0. The second-order valence-corrected chi connectivity index (χ2v) is 4.62. The minimum absolute atomic E-state index is 0.125. The van der Waals surface area contributed by atoms with Crippen molar-refractivity contribution in [2.45, 2.75) is 32.7 Å². The highest BCUT2D eigenvalue weighted by molar-refractivity contribution is 6.30. The molecule has 15 heavy (non-hydrogen) atoms. The van der Waals surface area contributed by atoms with E-state index in [1.165, 1.54) is 6.07 Å². The summed E-state index contributed by atoms with van der Waals surface area (Å²) in [6.45, 7) is 4.14. The van der Waals surface area contributed by atoms with Crippen molar-refractivity contribution in [3.63, 3.8) is 0 Å². The lowest BCUT2D eigenvalue weighted by Gasteiger charge is -2.15. The van der Waals surface area contributed by atoms with Crippen LogP contribution >= 0.6 is 11.6 Å².